The van der Waals surface area contributed by atoms with Gasteiger partial charge in [0, 0.05) is 5.69 Å². The molecule has 2 aromatic rings. The predicted molar refractivity (Wildman–Crippen MR) is 84.7 cm³/mol. The summed E-state index contributed by atoms with van der Waals surface area (Å²) in [6.07, 6.45) is 0.171. The van der Waals surface area contributed by atoms with Crippen LogP contribution < -0.4 is 15.6 Å². The van der Waals surface area contributed by atoms with E-state index < -0.39 is 0 Å². The Morgan fingerprint density at radius 2 is 1.78 bits per heavy atom. The van der Waals surface area contributed by atoms with E-state index in [0.717, 1.165) is 22.7 Å². The molecule has 7 heteroatoms. The smallest absolute Gasteiger partial charge is 0.260 e. The summed E-state index contributed by atoms with van der Waals surface area (Å²) in [6, 6.07) is 9.05. The Bertz CT molecular complexity index is 692. The minimum atomic E-state index is -0.334. The molecule has 0 spiro atoms. The predicted octanol–water partition coefficient (Wildman–Crippen LogP) is 0.899. The monoisotopic (exact) mass is 316 g/mol. The number of methoxy groups -OCH3 is 1. The molecular weight excluding hydrogens is 296 g/mol. The van der Waals surface area contributed by atoms with Crippen molar-refractivity contribution in [3.63, 3.8) is 0 Å². The molecule has 0 bridgehead atoms. The average molecular weight is 316 g/mol. The van der Waals surface area contributed by atoms with E-state index in [-0.39, 0.29) is 24.8 Å². The van der Waals surface area contributed by atoms with Gasteiger partial charge in [-0.2, -0.15) is 5.10 Å². The van der Waals surface area contributed by atoms with Crippen molar-refractivity contribution in [1.29, 1.82) is 0 Å². The van der Waals surface area contributed by atoms with Crippen molar-refractivity contribution in [2.45, 2.75) is 26.8 Å². The molecule has 1 heterocycles. The molecule has 0 aliphatic heterocycles. The summed E-state index contributed by atoms with van der Waals surface area (Å²) in [5.41, 5.74) is 7.35. The molecule has 1 aromatic heterocycles. The quantitative estimate of drug-likeness (QED) is 0.803. The first-order chi connectivity index (χ1) is 11.0. The van der Waals surface area contributed by atoms with Crippen LogP contribution in [0.25, 0.3) is 0 Å². The molecule has 0 radical (unpaired) electrons. The van der Waals surface area contributed by atoms with Gasteiger partial charge in [0.2, 0.25) is 5.91 Å². The van der Waals surface area contributed by atoms with Gasteiger partial charge in [-0.1, -0.05) is 12.1 Å². The highest BCUT2D eigenvalue weighted by Crippen LogP contribution is 2.11. The number of ether oxygens (including phenoxy) is 1. The summed E-state index contributed by atoms with van der Waals surface area (Å²) >= 11 is 0. The third kappa shape index (κ3) is 4.84. The third-order valence-corrected chi connectivity index (χ3v) is 3.26. The second kappa shape index (κ2) is 7.44. The molecule has 0 aliphatic rings. The van der Waals surface area contributed by atoms with Crippen LogP contribution in [0, 0.1) is 13.8 Å². The number of rotatable bonds is 5. The van der Waals surface area contributed by atoms with E-state index in [1.165, 1.54) is 0 Å². The number of hydrogen-bond donors (Lipinski definition) is 2. The Kier molecular flexibility index (Phi) is 5.35. The summed E-state index contributed by atoms with van der Waals surface area (Å²) < 4.78 is 6.64. The van der Waals surface area contributed by atoms with Crippen molar-refractivity contribution in [1.82, 2.24) is 20.6 Å². The largest absolute Gasteiger partial charge is 0.497 e. The fourth-order valence-corrected chi connectivity index (χ4v) is 2.12. The lowest BCUT2D eigenvalue weighted by atomic mass is 10.1. The van der Waals surface area contributed by atoms with Crippen LogP contribution in [-0.4, -0.2) is 28.7 Å². The summed E-state index contributed by atoms with van der Waals surface area (Å²) in [7, 11) is 1.58. The third-order valence-electron chi connectivity index (χ3n) is 3.26. The van der Waals surface area contributed by atoms with Gasteiger partial charge < -0.3 is 4.74 Å². The lowest BCUT2D eigenvalue weighted by Crippen LogP contribution is -2.44. The summed E-state index contributed by atoms with van der Waals surface area (Å²) in [4.78, 5) is 23.6. The fraction of sp³-hybridized carbons (Fsp3) is 0.312. The van der Waals surface area contributed by atoms with Crippen LogP contribution in [0.3, 0.4) is 0 Å². The zero-order chi connectivity index (χ0) is 16.8. The summed E-state index contributed by atoms with van der Waals surface area (Å²) in [5, 5.41) is 4.19. The van der Waals surface area contributed by atoms with E-state index in [2.05, 4.69) is 16.0 Å². The molecule has 0 saturated heterocycles. The molecule has 7 nitrogen and oxygen atoms in total. The Hall–Kier alpha value is -2.83. The molecule has 2 rings (SSSR count). The first kappa shape index (κ1) is 16.5. The van der Waals surface area contributed by atoms with Crippen LogP contribution in [0.2, 0.25) is 0 Å². The zero-order valence-electron chi connectivity index (χ0n) is 13.4. The Morgan fingerprint density at radius 3 is 2.35 bits per heavy atom. The molecule has 0 unspecified atom stereocenters. The van der Waals surface area contributed by atoms with Crippen molar-refractivity contribution in [2.24, 2.45) is 0 Å². The van der Waals surface area contributed by atoms with Gasteiger partial charge in [0.05, 0.1) is 19.2 Å². The molecule has 23 heavy (non-hydrogen) atoms. The van der Waals surface area contributed by atoms with Crippen molar-refractivity contribution in [3.05, 3.63) is 47.3 Å². The van der Waals surface area contributed by atoms with E-state index in [1.807, 2.05) is 19.9 Å². The van der Waals surface area contributed by atoms with E-state index in [9.17, 15) is 9.59 Å². The molecule has 0 aliphatic carbocycles. The maximum Gasteiger partial charge on any atom is 0.260 e. The molecule has 0 atom stereocenters. The molecule has 1 aromatic carbocycles. The standard InChI is InChI=1S/C16H20N4O3/c1-11-8-12(2)20(19-11)10-16(22)18-17-15(21)9-13-4-6-14(23-3)7-5-13/h4-8H,9-10H2,1-3H3,(H,17,21)(H,18,22). The minimum Gasteiger partial charge on any atom is -0.497 e. The highest BCUT2D eigenvalue weighted by atomic mass is 16.5. The van der Waals surface area contributed by atoms with E-state index in [1.54, 1.807) is 36.1 Å². The Morgan fingerprint density at radius 1 is 1.13 bits per heavy atom. The van der Waals surface area contributed by atoms with E-state index in [4.69, 9.17) is 4.74 Å². The van der Waals surface area contributed by atoms with Gasteiger partial charge in [0.1, 0.15) is 12.3 Å². The Balaban J connectivity index is 1.79. The number of carbonyl (C=O) groups is 2. The SMILES string of the molecule is COc1ccc(CC(=O)NNC(=O)Cn2nc(C)cc2C)cc1. The van der Waals surface area contributed by atoms with Crippen LogP contribution in [0.1, 0.15) is 17.0 Å². The van der Waals surface area contributed by atoms with Gasteiger partial charge in [0.15, 0.2) is 0 Å². The highest BCUT2D eigenvalue weighted by molar-refractivity contribution is 5.83. The number of nitrogens with one attached hydrogen (secondary N) is 2. The highest BCUT2D eigenvalue weighted by Gasteiger charge is 2.09. The minimum absolute atomic E-state index is 0.0580. The van der Waals surface area contributed by atoms with Crippen molar-refractivity contribution < 1.29 is 14.3 Å². The molecule has 2 N–H and O–H groups in total. The normalized spacial score (nSPS) is 10.2. The number of amides is 2. The van der Waals surface area contributed by atoms with Gasteiger partial charge in [-0.3, -0.25) is 25.1 Å². The van der Waals surface area contributed by atoms with Gasteiger partial charge in [-0.05, 0) is 37.6 Å². The fourth-order valence-electron chi connectivity index (χ4n) is 2.12. The van der Waals surface area contributed by atoms with Crippen LogP contribution in [0.15, 0.2) is 30.3 Å². The molecule has 0 fully saturated rings. The van der Waals surface area contributed by atoms with Crippen molar-refractivity contribution in [3.8, 4) is 5.75 Å². The topological polar surface area (TPSA) is 85.3 Å². The van der Waals surface area contributed by atoms with Gasteiger partial charge >= 0.3 is 0 Å². The van der Waals surface area contributed by atoms with Crippen LogP contribution >= 0.6 is 0 Å². The van der Waals surface area contributed by atoms with E-state index >= 15 is 0 Å². The summed E-state index contributed by atoms with van der Waals surface area (Å²) in [6.45, 7) is 3.79. The van der Waals surface area contributed by atoms with Crippen molar-refractivity contribution in [2.75, 3.05) is 7.11 Å². The Labute approximate surface area is 134 Å². The molecule has 0 saturated carbocycles. The second-order valence-electron chi connectivity index (χ2n) is 5.21. The van der Waals surface area contributed by atoms with Crippen LogP contribution in [0.5, 0.6) is 5.75 Å². The number of carbonyl (C=O) groups excluding carboxylic acids is 2. The zero-order valence-corrected chi connectivity index (χ0v) is 13.4. The molecule has 2 amide bonds. The number of aryl methyl sites for hydroxylation is 2. The van der Waals surface area contributed by atoms with Gasteiger partial charge in [0.25, 0.3) is 5.91 Å². The van der Waals surface area contributed by atoms with Gasteiger partial charge in [-0.15, -0.1) is 0 Å². The van der Waals surface area contributed by atoms with Crippen molar-refractivity contribution >= 4 is 11.8 Å². The average Bonchev–Trinajstić information content (AvgIpc) is 2.83. The number of aromatic nitrogens is 2. The molecular formula is C16H20N4O3. The lowest BCUT2D eigenvalue weighted by Gasteiger charge is -2.09. The lowest BCUT2D eigenvalue weighted by molar-refractivity contribution is -0.129. The second-order valence-corrected chi connectivity index (χ2v) is 5.21. The number of hydrogen-bond acceptors (Lipinski definition) is 4. The number of nitrogens with zero attached hydrogens (tertiary/aromatic N) is 2. The first-order valence-electron chi connectivity index (χ1n) is 7.19. The summed E-state index contributed by atoms with van der Waals surface area (Å²) in [5.74, 6) is 0.100. The van der Waals surface area contributed by atoms with Crippen LogP contribution in [-0.2, 0) is 22.6 Å². The maximum atomic E-state index is 11.8. The maximum absolute atomic E-state index is 11.8. The van der Waals surface area contributed by atoms with E-state index in [0.29, 0.717) is 0 Å². The number of hydrazine groups is 1. The molecule has 122 valence electrons. The van der Waals surface area contributed by atoms with Crippen LogP contribution in [0.4, 0.5) is 0 Å². The first-order valence-corrected chi connectivity index (χ1v) is 7.19. The number of benzene rings is 1. The van der Waals surface area contributed by atoms with Gasteiger partial charge in [-0.25, -0.2) is 0 Å².